The maximum atomic E-state index is 11.5. The first-order valence-electron chi connectivity index (χ1n) is 6.81. The van der Waals surface area contributed by atoms with Gasteiger partial charge in [-0.05, 0) is 26.7 Å². The first-order valence-corrected chi connectivity index (χ1v) is 6.81. The van der Waals surface area contributed by atoms with Gasteiger partial charge in [0, 0.05) is 13.1 Å². The minimum Gasteiger partial charge on any atom is -0.389 e. The summed E-state index contributed by atoms with van der Waals surface area (Å²) in [5.74, 6) is 0.00437. The van der Waals surface area contributed by atoms with Crippen molar-refractivity contribution in [2.24, 2.45) is 0 Å². The molecule has 3 N–H and O–H groups in total. The zero-order valence-electron chi connectivity index (χ0n) is 11.1. The molecule has 1 saturated carbocycles. The fraction of sp³-hybridized carbons (Fsp3) is 0.923. The van der Waals surface area contributed by atoms with Gasteiger partial charge < -0.3 is 15.7 Å². The van der Waals surface area contributed by atoms with Gasteiger partial charge >= 0.3 is 0 Å². The van der Waals surface area contributed by atoms with Gasteiger partial charge in [0.2, 0.25) is 5.91 Å². The van der Waals surface area contributed by atoms with Crippen LogP contribution >= 0.6 is 0 Å². The predicted octanol–water partition coefficient (Wildman–Crippen LogP) is 1.19. The molecular weight excluding hydrogens is 216 g/mol. The van der Waals surface area contributed by atoms with Crippen LogP contribution in [0, 0.1) is 0 Å². The molecule has 0 spiro atoms. The average molecular weight is 242 g/mol. The third kappa shape index (κ3) is 5.04. The Morgan fingerprint density at radius 2 is 1.88 bits per heavy atom. The first-order chi connectivity index (χ1) is 8.07. The van der Waals surface area contributed by atoms with Crippen molar-refractivity contribution in [3.63, 3.8) is 0 Å². The molecule has 1 fully saturated rings. The van der Waals surface area contributed by atoms with Crippen molar-refractivity contribution in [2.45, 2.75) is 64.0 Å². The lowest BCUT2D eigenvalue weighted by Gasteiger charge is -2.28. The summed E-state index contributed by atoms with van der Waals surface area (Å²) < 4.78 is 0. The molecular formula is C13H26N2O2. The Labute approximate surface area is 104 Å². The Kier molecular flexibility index (Phi) is 5.92. The van der Waals surface area contributed by atoms with Crippen molar-refractivity contribution in [2.75, 3.05) is 13.1 Å². The summed E-state index contributed by atoms with van der Waals surface area (Å²) in [6.07, 6.45) is 6.31. The monoisotopic (exact) mass is 242 g/mol. The highest BCUT2D eigenvalue weighted by Crippen LogP contribution is 2.26. The SMILES string of the molecule is CCNC(=O)C(C)NCC1(O)CCCCCC1. The zero-order chi connectivity index (χ0) is 12.7. The fourth-order valence-electron chi connectivity index (χ4n) is 2.33. The van der Waals surface area contributed by atoms with E-state index in [0.717, 1.165) is 25.7 Å². The molecule has 1 amide bonds. The van der Waals surface area contributed by atoms with Crippen LogP contribution in [0.2, 0.25) is 0 Å². The lowest BCUT2D eigenvalue weighted by Crippen LogP contribution is -2.49. The number of hydrogen-bond acceptors (Lipinski definition) is 3. The molecule has 1 atom stereocenters. The molecule has 1 aliphatic carbocycles. The van der Waals surface area contributed by atoms with Gasteiger partial charge in [-0.3, -0.25) is 4.79 Å². The van der Waals surface area contributed by atoms with Crippen LogP contribution in [0.3, 0.4) is 0 Å². The molecule has 1 aliphatic rings. The van der Waals surface area contributed by atoms with Crippen LogP contribution in [-0.2, 0) is 4.79 Å². The summed E-state index contributed by atoms with van der Waals surface area (Å²) in [7, 11) is 0. The van der Waals surface area contributed by atoms with E-state index in [1.165, 1.54) is 12.8 Å². The second-order valence-electron chi connectivity index (χ2n) is 5.14. The van der Waals surface area contributed by atoms with Crippen molar-refractivity contribution in [3.8, 4) is 0 Å². The van der Waals surface area contributed by atoms with Crippen molar-refractivity contribution in [1.29, 1.82) is 0 Å². The third-order valence-corrected chi connectivity index (χ3v) is 3.52. The Morgan fingerprint density at radius 1 is 1.29 bits per heavy atom. The molecule has 0 aliphatic heterocycles. The number of rotatable bonds is 5. The van der Waals surface area contributed by atoms with Crippen LogP contribution in [-0.4, -0.2) is 35.7 Å². The number of carbonyl (C=O) groups is 1. The summed E-state index contributed by atoms with van der Waals surface area (Å²) in [6, 6.07) is -0.234. The number of nitrogens with one attached hydrogen (secondary N) is 2. The molecule has 0 bridgehead atoms. The lowest BCUT2D eigenvalue weighted by molar-refractivity contribution is -0.122. The summed E-state index contributed by atoms with van der Waals surface area (Å²) in [5, 5.41) is 16.3. The maximum absolute atomic E-state index is 11.5. The number of amides is 1. The summed E-state index contributed by atoms with van der Waals surface area (Å²) in [5.41, 5.74) is -0.614. The highest BCUT2D eigenvalue weighted by Gasteiger charge is 2.28. The maximum Gasteiger partial charge on any atom is 0.236 e. The number of likely N-dealkylation sites (N-methyl/N-ethyl adjacent to an activating group) is 1. The lowest BCUT2D eigenvalue weighted by atomic mass is 9.94. The van der Waals surface area contributed by atoms with E-state index in [-0.39, 0.29) is 11.9 Å². The van der Waals surface area contributed by atoms with Gasteiger partial charge in [0.1, 0.15) is 0 Å². The van der Waals surface area contributed by atoms with Gasteiger partial charge in [0.15, 0.2) is 0 Å². The van der Waals surface area contributed by atoms with E-state index in [1.54, 1.807) is 0 Å². The van der Waals surface area contributed by atoms with E-state index in [2.05, 4.69) is 10.6 Å². The molecule has 1 unspecified atom stereocenters. The molecule has 4 nitrogen and oxygen atoms in total. The summed E-state index contributed by atoms with van der Waals surface area (Å²) in [6.45, 7) is 4.91. The third-order valence-electron chi connectivity index (χ3n) is 3.52. The fourth-order valence-corrected chi connectivity index (χ4v) is 2.33. The number of aliphatic hydroxyl groups is 1. The highest BCUT2D eigenvalue weighted by atomic mass is 16.3. The number of carbonyl (C=O) groups excluding carboxylic acids is 1. The van der Waals surface area contributed by atoms with E-state index in [9.17, 15) is 9.90 Å². The molecule has 4 heteroatoms. The van der Waals surface area contributed by atoms with E-state index in [0.29, 0.717) is 13.1 Å². The number of hydrogen-bond donors (Lipinski definition) is 3. The van der Waals surface area contributed by atoms with E-state index in [4.69, 9.17) is 0 Å². The second kappa shape index (κ2) is 6.97. The van der Waals surface area contributed by atoms with Crippen LogP contribution in [0.25, 0.3) is 0 Å². The molecule has 0 heterocycles. The minimum atomic E-state index is -0.614. The summed E-state index contributed by atoms with van der Waals surface area (Å²) in [4.78, 5) is 11.5. The quantitative estimate of drug-likeness (QED) is 0.635. The largest absolute Gasteiger partial charge is 0.389 e. The van der Waals surface area contributed by atoms with E-state index >= 15 is 0 Å². The van der Waals surface area contributed by atoms with Gasteiger partial charge in [-0.25, -0.2) is 0 Å². The van der Waals surface area contributed by atoms with E-state index < -0.39 is 5.60 Å². The standard InChI is InChI=1S/C13H26N2O2/c1-3-14-12(16)11(2)15-10-13(17)8-6-4-5-7-9-13/h11,15,17H,3-10H2,1-2H3,(H,14,16). The highest BCUT2D eigenvalue weighted by molar-refractivity contribution is 5.81. The van der Waals surface area contributed by atoms with Crippen LogP contribution in [0.5, 0.6) is 0 Å². The molecule has 17 heavy (non-hydrogen) atoms. The molecule has 0 aromatic heterocycles. The Bertz CT molecular complexity index is 236. The van der Waals surface area contributed by atoms with Crippen LogP contribution in [0.4, 0.5) is 0 Å². The Balaban J connectivity index is 2.34. The van der Waals surface area contributed by atoms with Gasteiger partial charge in [-0.2, -0.15) is 0 Å². The minimum absolute atomic E-state index is 0.00437. The molecule has 0 saturated heterocycles. The van der Waals surface area contributed by atoms with E-state index in [1.807, 2.05) is 13.8 Å². The molecule has 1 rings (SSSR count). The van der Waals surface area contributed by atoms with Crippen LogP contribution in [0.1, 0.15) is 52.4 Å². The smallest absolute Gasteiger partial charge is 0.236 e. The van der Waals surface area contributed by atoms with Crippen LogP contribution < -0.4 is 10.6 Å². The van der Waals surface area contributed by atoms with Crippen molar-refractivity contribution < 1.29 is 9.90 Å². The topological polar surface area (TPSA) is 61.4 Å². The molecule has 100 valence electrons. The van der Waals surface area contributed by atoms with Crippen molar-refractivity contribution >= 4 is 5.91 Å². The van der Waals surface area contributed by atoms with Gasteiger partial charge in [0.05, 0.1) is 11.6 Å². The molecule has 0 aromatic carbocycles. The Morgan fingerprint density at radius 3 is 2.41 bits per heavy atom. The van der Waals surface area contributed by atoms with Gasteiger partial charge in [-0.15, -0.1) is 0 Å². The second-order valence-corrected chi connectivity index (χ2v) is 5.14. The summed E-state index contributed by atoms with van der Waals surface area (Å²) >= 11 is 0. The van der Waals surface area contributed by atoms with Crippen molar-refractivity contribution in [3.05, 3.63) is 0 Å². The average Bonchev–Trinajstić information content (AvgIpc) is 2.52. The van der Waals surface area contributed by atoms with Gasteiger partial charge in [-0.1, -0.05) is 25.7 Å². The Hall–Kier alpha value is -0.610. The van der Waals surface area contributed by atoms with Crippen LogP contribution in [0.15, 0.2) is 0 Å². The zero-order valence-corrected chi connectivity index (χ0v) is 11.1. The molecule has 0 aromatic rings. The van der Waals surface area contributed by atoms with Crippen molar-refractivity contribution in [1.82, 2.24) is 10.6 Å². The molecule has 0 radical (unpaired) electrons. The normalized spacial score (nSPS) is 21.6. The predicted molar refractivity (Wildman–Crippen MR) is 68.8 cm³/mol. The van der Waals surface area contributed by atoms with Gasteiger partial charge in [0.25, 0.3) is 0 Å². The first kappa shape index (κ1) is 14.5.